The van der Waals surface area contributed by atoms with Crippen molar-refractivity contribution in [1.82, 2.24) is 10.2 Å². The second kappa shape index (κ2) is 9.02. The molecule has 4 rings (SSSR count). The number of rotatable bonds is 6. The van der Waals surface area contributed by atoms with Crippen LogP contribution in [0.5, 0.6) is 5.75 Å². The van der Waals surface area contributed by atoms with Crippen molar-refractivity contribution in [1.29, 1.82) is 0 Å². The highest BCUT2D eigenvalue weighted by molar-refractivity contribution is 6.34. The minimum atomic E-state index is -0.513. The Morgan fingerprint density at radius 3 is 2.58 bits per heavy atom. The fourth-order valence-corrected chi connectivity index (χ4v) is 3.96. The molecule has 154 valence electrons. The van der Waals surface area contributed by atoms with E-state index in [1.165, 1.54) is 0 Å². The number of aromatic nitrogens is 2. The number of nitrogens with one attached hydrogen (secondary N) is 1. The first-order valence-corrected chi connectivity index (χ1v) is 10.4. The molecule has 0 radical (unpaired) electrons. The summed E-state index contributed by atoms with van der Waals surface area (Å²) >= 11 is 6.77. The van der Waals surface area contributed by atoms with E-state index in [-0.39, 0.29) is 0 Å². The van der Waals surface area contributed by atoms with E-state index in [9.17, 15) is 4.79 Å². The Kier molecular flexibility index (Phi) is 6.01. The lowest BCUT2D eigenvalue weighted by Crippen LogP contribution is -2.06. The van der Waals surface area contributed by atoms with Crippen molar-refractivity contribution < 1.29 is 9.53 Å². The Hall–Kier alpha value is -3.63. The lowest BCUT2D eigenvalue weighted by molar-refractivity contribution is -0.128. The van der Waals surface area contributed by atoms with Crippen LogP contribution in [0.1, 0.15) is 30.0 Å². The van der Waals surface area contributed by atoms with Crippen molar-refractivity contribution in [2.24, 2.45) is 0 Å². The number of carbonyl (C=O) groups is 1. The highest BCUT2D eigenvalue weighted by atomic mass is 35.5. The van der Waals surface area contributed by atoms with Gasteiger partial charge in [-0.3, -0.25) is 5.10 Å². The molecule has 31 heavy (non-hydrogen) atoms. The number of nitrogens with zero attached hydrogens (tertiary/aromatic N) is 1. The molecule has 0 unspecified atom stereocenters. The topological polar surface area (TPSA) is 55.0 Å². The van der Waals surface area contributed by atoms with Crippen molar-refractivity contribution in [3.63, 3.8) is 0 Å². The van der Waals surface area contributed by atoms with Crippen LogP contribution in [0.3, 0.4) is 0 Å². The summed E-state index contributed by atoms with van der Waals surface area (Å²) in [6.45, 7) is 5.61. The largest absolute Gasteiger partial charge is 0.423 e. The maximum absolute atomic E-state index is 12.0. The van der Waals surface area contributed by atoms with Gasteiger partial charge < -0.3 is 4.74 Å². The molecule has 1 N–H and O–H groups in total. The number of ether oxygens (including phenoxy) is 1. The van der Waals surface area contributed by atoms with Crippen LogP contribution in [0.2, 0.25) is 5.02 Å². The SMILES string of the molecule is C=CC(=O)Oc1ccccc1/C(=C(/CC)c1ccccc1)c1cc2cn[nH]c2cc1Cl. The summed E-state index contributed by atoms with van der Waals surface area (Å²) in [4.78, 5) is 12.0. The summed E-state index contributed by atoms with van der Waals surface area (Å²) < 4.78 is 5.59. The molecule has 3 aromatic carbocycles. The third-order valence-corrected chi connectivity index (χ3v) is 5.42. The normalized spacial score (nSPS) is 11.8. The Morgan fingerprint density at radius 1 is 1.10 bits per heavy atom. The molecule has 0 fully saturated rings. The minimum Gasteiger partial charge on any atom is -0.423 e. The molecule has 1 heterocycles. The molecule has 5 heteroatoms. The molecule has 0 aliphatic carbocycles. The van der Waals surface area contributed by atoms with Crippen LogP contribution in [-0.4, -0.2) is 16.2 Å². The number of halogens is 1. The average molecular weight is 429 g/mol. The van der Waals surface area contributed by atoms with E-state index in [2.05, 4.69) is 35.8 Å². The summed E-state index contributed by atoms with van der Waals surface area (Å²) in [7, 11) is 0. The maximum Gasteiger partial charge on any atom is 0.335 e. The second-order valence-electron chi connectivity index (χ2n) is 6.98. The van der Waals surface area contributed by atoms with Crippen LogP contribution in [0.25, 0.3) is 22.0 Å². The van der Waals surface area contributed by atoms with Crippen LogP contribution in [0.15, 0.2) is 85.6 Å². The van der Waals surface area contributed by atoms with Gasteiger partial charge >= 0.3 is 5.97 Å². The molecule has 4 aromatic rings. The molecule has 0 amide bonds. The van der Waals surface area contributed by atoms with Gasteiger partial charge in [0.25, 0.3) is 0 Å². The first-order valence-electron chi connectivity index (χ1n) is 9.97. The number of para-hydroxylation sites is 1. The molecule has 0 spiro atoms. The minimum absolute atomic E-state index is 0.452. The molecule has 0 aliphatic rings. The number of esters is 1. The first-order chi connectivity index (χ1) is 15.1. The Bertz CT molecular complexity index is 1290. The monoisotopic (exact) mass is 428 g/mol. The van der Waals surface area contributed by atoms with Gasteiger partial charge in [-0.15, -0.1) is 0 Å². The molecule has 0 bridgehead atoms. The molecule has 4 nitrogen and oxygen atoms in total. The van der Waals surface area contributed by atoms with Gasteiger partial charge in [0.2, 0.25) is 0 Å². The highest BCUT2D eigenvalue weighted by Gasteiger charge is 2.20. The Labute approximate surface area is 185 Å². The molecule has 1 aromatic heterocycles. The number of hydrogen-bond acceptors (Lipinski definition) is 3. The predicted molar refractivity (Wildman–Crippen MR) is 126 cm³/mol. The maximum atomic E-state index is 12.0. The number of allylic oxidation sites excluding steroid dienone is 1. The van der Waals surface area contributed by atoms with Crippen molar-refractivity contribution in [2.75, 3.05) is 0 Å². The van der Waals surface area contributed by atoms with E-state index in [0.29, 0.717) is 10.8 Å². The van der Waals surface area contributed by atoms with Gasteiger partial charge in [-0.05, 0) is 41.3 Å². The van der Waals surface area contributed by atoms with Gasteiger partial charge in [0.15, 0.2) is 0 Å². The molecular weight excluding hydrogens is 408 g/mol. The van der Waals surface area contributed by atoms with Crippen LogP contribution in [0.4, 0.5) is 0 Å². The molecular formula is C26H21ClN2O2. The van der Waals surface area contributed by atoms with E-state index in [0.717, 1.165) is 51.2 Å². The van der Waals surface area contributed by atoms with Crippen molar-refractivity contribution in [3.05, 3.63) is 107 Å². The van der Waals surface area contributed by atoms with Gasteiger partial charge in [0.05, 0.1) is 16.7 Å². The Morgan fingerprint density at radius 2 is 1.84 bits per heavy atom. The fourth-order valence-electron chi connectivity index (χ4n) is 3.70. The number of aromatic amines is 1. The summed E-state index contributed by atoms with van der Waals surface area (Å²) in [5.74, 6) is -0.0615. The first kappa shape index (κ1) is 20.6. The van der Waals surface area contributed by atoms with E-state index in [1.807, 2.05) is 48.5 Å². The van der Waals surface area contributed by atoms with Gasteiger partial charge in [-0.25, -0.2) is 4.79 Å². The van der Waals surface area contributed by atoms with E-state index in [4.69, 9.17) is 16.3 Å². The summed E-state index contributed by atoms with van der Waals surface area (Å²) in [6, 6.07) is 21.5. The number of benzene rings is 3. The predicted octanol–water partition coefficient (Wildman–Crippen LogP) is 6.68. The highest BCUT2D eigenvalue weighted by Crippen LogP contribution is 2.42. The van der Waals surface area contributed by atoms with E-state index < -0.39 is 5.97 Å². The van der Waals surface area contributed by atoms with Crippen molar-refractivity contribution in [2.45, 2.75) is 13.3 Å². The van der Waals surface area contributed by atoms with E-state index >= 15 is 0 Å². The van der Waals surface area contributed by atoms with Crippen LogP contribution < -0.4 is 4.74 Å². The smallest absolute Gasteiger partial charge is 0.335 e. The van der Waals surface area contributed by atoms with Gasteiger partial charge in [0.1, 0.15) is 5.75 Å². The number of hydrogen-bond donors (Lipinski definition) is 1. The lowest BCUT2D eigenvalue weighted by atomic mass is 9.87. The lowest BCUT2D eigenvalue weighted by Gasteiger charge is -2.19. The number of H-pyrrole nitrogens is 1. The summed E-state index contributed by atoms with van der Waals surface area (Å²) in [6.07, 6.45) is 3.68. The van der Waals surface area contributed by atoms with E-state index in [1.54, 1.807) is 12.3 Å². The quantitative estimate of drug-likeness (QED) is 0.161. The van der Waals surface area contributed by atoms with Crippen LogP contribution >= 0.6 is 11.6 Å². The summed E-state index contributed by atoms with van der Waals surface area (Å²) in [5.41, 5.74) is 5.56. The van der Waals surface area contributed by atoms with Gasteiger partial charge in [0, 0.05) is 22.6 Å². The number of fused-ring (bicyclic) bond motifs is 1. The second-order valence-corrected chi connectivity index (χ2v) is 7.39. The fraction of sp³-hybridized carbons (Fsp3) is 0.0769. The zero-order valence-corrected chi connectivity index (χ0v) is 17.8. The average Bonchev–Trinajstić information content (AvgIpc) is 3.25. The molecule has 0 saturated heterocycles. The van der Waals surface area contributed by atoms with Crippen molar-refractivity contribution >= 4 is 39.6 Å². The van der Waals surface area contributed by atoms with Crippen LogP contribution in [-0.2, 0) is 4.79 Å². The van der Waals surface area contributed by atoms with Crippen molar-refractivity contribution in [3.8, 4) is 5.75 Å². The zero-order valence-electron chi connectivity index (χ0n) is 17.1. The Balaban J connectivity index is 2.06. The molecule has 0 atom stereocenters. The molecule has 0 aliphatic heterocycles. The van der Waals surface area contributed by atoms with Gasteiger partial charge in [-0.1, -0.05) is 73.6 Å². The standard InChI is InChI=1S/C26H21ClN2O2/c1-3-19(17-10-6-5-7-11-17)26(20-12-8-9-13-24(20)31-25(30)4-2)21-14-18-16-28-29-23(18)15-22(21)27/h4-16H,2-3H2,1H3,(H,28,29)/b26-19+. The van der Waals surface area contributed by atoms with Crippen LogP contribution in [0, 0.1) is 0 Å². The third kappa shape index (κ3) is 4.16. The number of carbonyl (C=O) groups excluding carboxylic acids is 1. The zero-order chi connectivity index (χ0) is 21.8. The van der Waals surface area contributed by atoms with Gasteiger partial charge in [-0.2, -0.15) is 5.10 Å². The third-order valence-electron chi connectivity index (χ3n) is 5.11. The molecule has 0 saturated carbocycles. The summed E-state index contributed by atoms with van der Waals surface area (Å²) in [5, 5.41) is 8.61.